The minimum absolute atomic E-state index is 0.0597. The molecule has 3 aromatic rings. The quantitative estimate of drug-likeness (QED) is 0.582. The summed E-state index contributed by atoms with van der Waals surface area (Å²) in [4.78, 5) is 37.9. The molecule has 1 aliphatic rings. The van der Waals surface area contributed by atoms with Crippen LogP contribution in [0.2, 0.25) is 0 Å². The molecule has 9 heteroatoms. The standard InChI is InChI=1S/C23H20F2N2O5/c1-3-32-23(30)12-5-4-6-13(9-12)26-22(29)16-11-27(14-7-8-14)19-15(20(16)28)10-17(24)18(25)21(19)31-2/h4-6,9-11,14H,3,7-8H2,1-2H3,(H,26,29). The number of rotatable bonds is 6. The molecule has 0 unspecified atom stereocenters. The molecule has 1 aromatic heterocycles. The summed E-state index contributed by atoms with van der Waals surface area (Å²) < 4.78 is 40.0. The second-order valence-corrected chi connectivity index (χ2v) is 7.37. The van der Waals surface area contributed by atoms with Crippen LogP contribution in [0.5, 0.6) is 5.75 Å². The number of hydrogen-bond donors (Lipinski definition) is 1. The minimum atomic E-state index is -1.24. The Kier molecular flexibility index (Phi) is 5.65. The van der Waals surface area contributed by atoms with E-state index in [1.54, 1.807) is 23.6 Å². The second kappa shape index (κ2) is 8.41. The second-order valence-electron chi connectivity index (χ2n) is 7.37. The molecule has 4 rings (SSSR count). The van der Waals surface area contributed by atoms with Crippen LogP contribution >= 0.6 is 0 Å². The van der Waals surface area contributed by atoms with Crippen molar-refractivity contribution in [2.75, 3.05) is 19.0 Å². The monoisotopic (exact) mass is 442 g/mol. The third-order valence-corrected chi connectivity index (χ3v) is 5.19. The van der Waals surface area contributed by atoms with Gasteiger partial charge in [0, 0.05) is 17.9 Å². The highest BCUT2D eigenvalue weighted by atomic mass is 19.2. The number of benzene rings is 2. The lowest BCUT2D eigenvalue weighted by molar-refractivity contribution is 0.0526. The average molecular weight is 442 g/mol. The fourth-order valence-corrected chi connectivity index (χ4v) is 3.56. The van der Waals surface area contributed by atoms with Crippen molar-refractivity contribution in [2.24, 2.45) is 0 Å². The van der Waals surface area contributed by atoms with Gasteiger partial charge in [-0.25, -0.2) is 9.18 Å². The van der Waals surface area contributed by atoms with Crippen LogP contribution in [-0.2, 0) is 4.74 Å². The number of halogens is 2. The van der Waals surface area contributed by atoms with Gasteiger partial charge in [0.05, 0.1) is 30.2 Å². The van der Waals surface area contributed by atoms with Crippen molar-refractivity contribution in [3.63, 3.8) is 0 Å². The Morgan fingerprint density at radius 1 is 1.22 bits per heavy atom. The molecule has 0 atom stereocenters. The lowest BCUT2D eigenvalue weighted by atomic mass is 10.1. The predicted octanol–water partition coefficient (Wildman–Crippen LogP) is 4.05. The molecule has 0 aliphatic heterocycles. The molecular weight excluding hydrogens is 422 g/mol. The first-order valence-electron chi connectivity index (χ1n) is 10.0. The van der Waals surface area contributed by atoms with E-state index in [0.29, 0.717) is 0 Å². The Hall–Kier alpha value is -3.75. The molecule has 32 heavy (non-hydrogen) atoms. The van der Waals surface area contributed by atoms with E-state index in [0.717, 1.165) is 18.9 Å². The minimum Gasteiger partial charge on any atom is -0.491 e. The van der Waals surface area contributed by atoms with E-state index in [9.17, 15) is 23.2 Å². The smallest absolute Gasteiger partial charge is 0.338 e. The number of fused-ring (bicyclic) bond motifs is 1. The highest BCUT2D eigenvalue weighted by molar-refractivity contribution is 6.06. The molecule has 1 saturated carbocycles. The Labute approximate surface area is 181 Å². The number of pyridine rings is 1. The van der Waals surface area contributed by atoms with E-state index in [2.05, 4.69) is 5.32 Å². The van der Waals surface area contributed by atoms with E-state index in [-0.39, 0.29) is 46.1 Å². The summed E-state index contributed by atoms with van der Waals surface area (Å²) in [5, 5.41) is 2.43. The summed E-state index contributed by atoms with van der Waals surface area (Å²) in [6, 6.07) is 6.80. The fraction of sp³-hybridized carbons (Fsp3) is 0.261. The van der Waals surface area contributed by atoms with Gasteiger partial charge in [0.1, 0.15) is 5.56 Å². The third kappa shape index (κ3) is 3.81. The number of anilines is 1. The molecule has 7 nitrogen and oxygen atoms in total. The summed E-state index contributed by atoms with van der Waals surface area (Å²) >= 11 is 0. The topological polar surface area (TPSA) is 86.6 Å². The first-order valence-corrected chi connectivity index (χ1v) is 10.0. The number of amides is 1. The molecule has 0 bridgehead atoms. The van der Waals surface area contributed by atoms with Gasteiger partial charge < -0.3 is 19.4 Å². The Balaban J connectivity index is 1.79. The van der Waals surface area contributed by atoms with Gasteiger partial charge in [-0.15, -0.1) is 0 Å². The SMILES string of the molecule is CCOC(=O)c1cccc(NC(=O)c2cn(C3CC3)c3c(OC)c(F)c(F)cc3c2=O)c1. The molecule has 0 saturated heterocycles. The van der Waals surface area contributed by atoms with Crippen LogP contribution < -0.4 is 15.5 Å². The number of esters is 1. The molecule has 1 N–H and O–H groups in total. The molecular formula is C23H20F2N2O5. The third-order valence-electron chi connectivity index (χ3n) is 5.19. The molecule has 1 fully saturated rings. The Morgan fingerprint density at radius 3 is 2.62 bits per heavy atom. The fourth-order valence-electron chi connectivity index (χ4n) is 3.56. The van der Waals surface area contributed by atoms with Crippen molar-refractivity contribution < 1.29 is 27.8 Å². The first kappa shape index (κ1) is 21.5. The number of carbonyl (C=O) groups excluding carboxylic acids is 2. The molecule has 1 amide bonds. The van der Waals surface area contributed by atoms with E-state index >= 15 is 0 Å². The van der Waals surface area contributed by atoms with Gasteiger partial charge in [-0.2, -0.15) is 4.39 Å². The van der Waals surface area contributed by atoms with E-state index in [1.165, 1.54) is 25.4 Å². The zero-order valence-electron chi connectivity index (χ0n) is 17.4. The number of hydrogen-bond acceptors (Lipinski definition) is 5. The normalized spacial score (nSPS) is 13.1. The predicted molar refractivity (Wildman–Crippen MR) is 113 cm³/mol. The maximum absolute atomic E-state index is 14.3. The maximum atomic E-state index is 14.3. The van der Waals surface area contributed by atoms with Gasteiger partial charge in [0.25, 0.3) is 5.91 Å². The van der Waals surface area contributed by atoms with E-state index < -0.39 is 28.9 Å². The van der Waals surface area contributed by atoms with Crippen LogP contribution in [0, 0.1) is 11.6 Å². The number of methoxy groups -OCH3 is 1. The average Bonchev–Trinajstić information content (AvgIpc) is 3.61. The highest BCUT2D eigenvalue weighted by Crippen LogP contribution is 2.40. The molecule has 0 spiro atoms. The zero-order chi connectivity index (χ0) is 23.0. The molecule has 2 aromatic carbocycles. The summed E-state index contributed by atoms with van der Waals surface area (Å²) in [7, 11) is 1.19. The number of ether oxygens (including phenoxy) is 2. The van der Waals surface area contributed by atoms with Crippen LogP contribution in [-0.4, -0.2) is 30.2 Å². The van der Waals surface area contributed by atoms with Crippen LogP contribution in [0.15, 0.2) is 41.3 Å². The van der Waals surface area contributed by atoms with Crippen molar-refractivity contribution >= 4 is 28.5 Å². The summed E-state index contributed by atoms with van der Waals surface area (Å²) in [6.07, 6.45) is 2.87. The van der Waals surface area contributed by atoms with Gasteiger partial charge in [0.2, 0.25) is 11.2 Å². The van der Waals surface area contributed by atoms with Crippen LogP contribution in [0.1, 0.15) is 46.5 Å². The Morgan fingerprint density at radius 2 is 1.97 bits per heavy atom. The van der Waals surface area contributed by atoms with Crippen molar-refractivity contribution in [2.45, 2.75) is 25.8 Å². The number of nitrogens with zero attached hydrogens (tertiary/aromatic N) is 1. The van der Waals surface area contributed by atoms with Crippen molar-refractivity contribution in [1.29, 1.82) is 0 Å². The lowest BCUT2D eigenvalue weighted by Crippen LogP contribution is -2.24. The van der Waals surface area contributed by atoms with Crippen molar-refractivity contribution in [3.8, 4) is 5.75 Å². The number of carbonyl (C=O) groups is 2. The largest absolute Gasteiger partial charge is 0.491 e. The van der Waals surface area contributed by atoms with E-state index in [1.807, 2.05) is 0 Å². The summed E-state index contributed by atoms with van der Waals surface area (Å²) in [5.74, 6) is -4.10. The molecule has 0 radical (unpaired) electrons. The van der Waals surface area contributed by atoms with E-state index in [4.69, 9.17) is 9.47 Å². The zero-order valence-corrected chi connectivity index (χ0v) is 17.4. The lowest BCUT2D eigenvalue weighted by Gasteiger charge is -2.16. The van der Waals surface area contributed by atoms with Gasteiger partial charge in [0.15, 0.2) is 11.6 Å². The number of aromatic nitrogens is 1. The van der Waals surface area contributed by atoms with Gasteiger partial charge in [-0.05, 0) is 44.0 Å². The molecule has 166 valence electrons. The van der Waals surface area contributed by atoms with Gasteiger partial charge in [-0.1, -0.05) is 6.07 Å². The van der Waals surface area contributed by atoms with Gasteiger partial charge in [-0.3, -0.25) is 9.59 Å². The van der Waals surface area contributed by atoms with Crippen molar-refractivity contribution in [3.05, 3.63) is 69.5 Å². The van der Waals surface area contributed by atoms with Gasteiger partial charge >= 0.3 is 5.97 Å². The highest BCUT2D eigenvalue weighted by Gasteiger charge is 2.30. The van der Waals surface area contributed by atoms with Crippen molar-refractivity contribution in [1.82, 2.24) is 4.57 Å². The molecule has 1 heterocycles. The summed E-state index contributed by atoms with van der Waals surface area (Å²) in [5.41, 5.74) is -0.367. The van der Waals surface area contributed by atoms with Crippen LogP contribution in [0.25, 0.3) is 10.9 Å². The Bertz CT molecular complexity index is 1300. The maximum Gasteiger partial charge on any atom is 0.338 e. The first-order chi connectivity index (χ1) is 15.3. The molecule has 1 aliphatic carbocycles. The summed E-state index contributed by atoms with van der Waals surface area (Å²) in [6.45, 7) is 1.88. The van der Waals surface area contributed by atoms with Crippen LogP contribution in [0.3, 0.4) is 0 Å². The number of nitrogens with one attached hydrogen (secondary N) is 1. The van der Waals surface area contributed by atoms with Crippen LogP contribution in [0.4, 0.5) is 14.5 Å².